The van der Waals surface area contributed by atoms with E-state index in [-0.39, 0.29) is 7.43 Å². The number of hydrogen-bond acceptors (Lipinski definition) is 0. The van der Waals surface area contributed by atoms with Crippen molar-refractivity contribution in [1.29, 1.82) is 0 Å². The van der Waals surface area contributed by atoms with Crippen LogP contribution in [0.2, 0.25) is 0 Å². The van der Waals surface area contributed by atoms with Gasteiger partial charge in [-0.15, -0.1) is 0 Å². The van der Waals surface area contributed by atoms with Gasteiger partial charge in [-0.2, -0.15) is 0 Å². The van der Waals surface area contributed by atoms with E-state index in [2.05, 4.69) is 34.6 Å². The summed E-state index contributed by atoms with van der Waals surface area (Å²) < 4.78 is 0. The third kappa shape index (κ3) is 36.0. The number of rotatable bonds is 8. The molecule has 0 amide bonds. The fraction of sp³-hybridized carbons (Fsp3) is 1.00. The normalized spacial score (nSPS) is 10.2. The molecule has 0 bridgehead atoms. The van der Waals surface area contributed by atoms with Crippen LogP contribution >= 0.6 is 0 Å². The van der Waals surface area contributed by atoms with E-state index in [1.165, 1.54) is 57.8 Å². The molecule has 0 radical (unpaired) electrons. The van der Waals surface area contributed by atoms with Crippen LogP contribution in [0, 0.1) is 5.92 Å². The van der Waals surface area contributed by atoms with E-state index < -0.39 is 0 Å². The standard InChI is InChI=1S/C8H18.C7H16.C2H6.CH4/c1-3-5-7-8-6-4-2;1-4-6-7(3)5-2;1-2;/h3-8H2,1-2H3;7H,4-6H2,1-3H3;1-2H3;1H4. The minimum Gasteiger partial charge on any atom is -0.0776 e. The van der Waals surface area contributed by atoms with Crippen LogP contribution in [0.25, 0.3) is 0 Å². The van der Waals surface area contributed by atoms with E-state index in [9.17, 15) is 0 Å². The van der Waals surface area contributed by atoms with E-state index in [0.29, 0.717) is 0 Å². The molecule has 0 rings (SSSR count). The molecule has 116 valence electrons. The highest BCUT2D eigenvalue weighted by Crippen LogP contribution is 2.07. The van der Waals surface area contributed by atoms with Crippen LogP contribution in [0.5, 0.6) is 0 Å². The van der Waals surface area contributed by atoms with Gasteiger partial charge in [-0.05, 0) is 5.92 Å². The van der Waals surface area contributed by atoms with Gasteiger partial charge in [0, 0.05) is 0 Å². The maximum atomic E-state index is 2.31. The highest BCUT2D eigenvalue weighted by atomic mass is 14.0. The van der Waals surface area contributed by atoms with Gasteiger partial charge < -0.3 is 0 Å². The molecule has 0 spiro atoms. The molecular formula is C18H44. The maximum absolute atomic E-state index is 2.31. The Labute approximate surface area is 120 Å². The highest BCUT2D eigenvalue weighted by Gasteiger charge is 1.92. The van der Waals surface area contributed by atoms with Crippen molar-refractivity contribution in [2.45, 2.75) is 114 Å². The summed E-state index contributed by atoms with van der Waals surface area (Å²) in [5, 5.41) is 0. The summed E-state index contributed by atoms with van der Waals surface area (Å²) in [5.41, 5.74) is 0. The SMILES string of the molecule is C.CC.CCCC(C)CC.CCCCCCCC. The molecule has 0 aromatic heterocycles. The van der Waals surface area contributed by atoms with Crippen molar-refractivity contribution in [3.05, 3.63) is 0 Å². The molecule has 1 unspecified atom stereocenters. The Morgan fingerprint density at radius 3 is 1.22 bits per heavy atom. The Morgan fingerprint density at radius 2 is 1.06 bits per heavy atom. The second kappa shape index (κ2) is 30.2. The number of hydrogen-bond donors (Lipinski definition) is 0. The molecule has 0 aromatic carbocycles. The quantitative estimate of drug-likeness (QED) is 0.390. The molecule has 0 N–H and O–H groups in total. The molecule has 0 aliphatic heterocycles. The summed E-state index contributed by atoms with van der Waals surface area (Å²) in [4.78, 5) is 0. The Bertz CT molecular complexity index is 80.0. The van der Waals surface area contributed by atoms with Gasteiger partial charge in [-0.25, -0.2) is 0 Å². The molecule has 0 heterocycles. The second-order valence-corrected chi connectivity index (χ2v) is 4.72. The summed E-state index contributed by atoms with van der Waals surface area (Å²) in [5.74, 6) is 0.949. The van der Waals surface area contributed by atoms with Crippen LogP contribution in [-0.4, -0.2) is 0 Å². The monoisotopic (exact) mass is 260 g/mol. The topological polar surface area (TPSA) is 0 Å². The lowest BCUT2D eigenvalue weighted by Crippen LogP contribution is -1.88. The van der Waals surface area contributed by atoms with Gasteiger partial charge >= 0.3 is 0 Å². The molecule has 0 aliphatic carbocycles. The third-order valence-electron chi connectivity index (χ3n) is 2.94. The Balaban J connectivity index is -0.0000000916. The van der Waals surface area contributed by atoms with E-state index in [4.69, 9.17) is 0 Å². The first kappa shape index (κ1) is 26.5. The molecule has 0 aliphatic rings. The predicted octanol–water partition coefficient (Wildman–Crippen LogP) is 7.86. The minimum absolute atomic E-state index is 0. The molecule has 0 aromatic rings. The smallest absolute Gasteiger partial charge is 0.0446 e. The molecule has 1 atom stereocenters. The van der Waals surface area contributed by atoms with Crippen molar-refractivity contribution in [2.75, 3.05) is 0 Å². The fourth-order valence-electron chi connectivity index (χ4n) is 1.55. The Kier molecular flexibility index (Phi) is 44.6. The molecular weight excluding hydrogens is 216 g/mol. The average molecular weight is 261 g/mol. The fourth-order valence-corrected chi connectivity index (χ4v) is 1.55. The lowest BCUT2D eigenvalue weighted by molar-refractivity contribution is 0.509. The molecule has 0 saturated carbocycles. The van der Waals surface area contributed by atoms with Gasteiger partial charge in [0.05, 0.1) is 0 Å². The van der Waals surface area contributed by atoms with Gasteiger partial charge in [-0.3, -0.25) is 0 Å². The van der Waals surface area contributed by atoms with Crippen molar-refractivity contribution < 1.29 is 0 Å². The molecule has 0 heteroatoms. The van der Waals surface area contributed by atoms with Crippen LogP contribution in [0.4, 0.5) is 0 Å². The van der Waals surface area contributed by atoms with Gasteiger partial charge in [0.25, 0.3) is 0 Å². The molecule has 0 nitrogen and oxygen atoms in total. The van der Waals surface area contributed by atoms with Crippen molar-refractivity contribution in [3.8, 4) is 0 Å². The summed E-state index contributed by atoms with van der Waals surface area (Å²) in [7, 11) is 0. The second-order valence-electron chi connectivity index (χ2n) is 4.72. The van der Waals surface area contributed by atoms with E-state index in [0.717, 1.165) is 5.92 Å². The van der Waals surface area contributed by atoms with Crippen molar-refractivity contribution in [1.82, 2.24) is 0 Å². The van der Waals surface area contributed by atoms with Gasteiger partial charge in [0.2, 0.25) is 0 Å². The van der Waals surface area contributed by atoms with Crippen molar-refractivity contribution in [2.24, 2.45) is 5.92 Å². The summed E-state index contributed by atoms with van der Waals surface area (Å²) in [6.45, 7) is 15.3. The van der Waals surface area contributed by atoms with Crippen LogP contribution < -0.4 is 0 Å². The first-order valence-corrected chi connectivity index (χ1v) is 8.22. The van der Waals surface area contributed by atoms with Crippen LogP contribution in [-0.2, 0) is 0 Å². The zero-order valence-electron chi connectivity index (χ0n) is 13.9. The summed E-state index contributed by atoms with van der Waals surface area (Å²) in [6.07, 6.45) is 12.6. The lowest BCUT2D eigenvalue weighted by atomic mass is 10.0. The Hall–Kier alpha value is 0. The van der Waals surface area contributed by atoms with Crippen molar-refractivity contribution in [3.63, 3.8) is 0 Å². The summed E-state index contributed by atoms with van der Waals surface area (Å²) >= 11 is 0. The first-order chi connectivity index (χ1) is 8.22. The zero-order chi connectivity index (χ0) is 13.9. The van der Waals surface area contributed by atoms with Crippen LogP contribution in [0.1, 0.15) is 114 Å². The zero-order valence-corrected chi connectivity index (χ0v) is 13.9. The number of unbranched alkanes of at least 4 members (excludes halogenated alkanes) is 5. The van der Waals surface area contributed by atoms with E-state index in [1.807, 2.05) is 13.8 Å². The average Bonchev–Trinajstić information content (AvgIpc) is 2.38. The third-order valence-corrected chi connectivity index (χ3v) is 2.94. The maximum Gasteiger partial charge on any atom is -0.0446 e. The molecule has 18 heavy (non-hydrogen) atoms. The van der Waals surface area contributed by atoms with Crippen molar-refractivity contribution >= 4 is 0 Å². The Morgan fingerprint density at radius 1 is 0.667 bits per heavy atom. The van der Waals surface area contributed by atoms with E-state index in [1.54, 1.807) is 0 Å². The van der Waals surface area contributed by atoms with Gasteiger partial charge in [0.1, 0.15) is 0 Å². The minimum atomic E-state index is 0. The first-order valence-electron chi connectivity index (χ1n) is 8.22. The van der Waals surface area contributed by atoms with Crippen LogP contribution in [0.3, 0.4) is 0 Å². The van der Waals surface area contributed by atoms with Gasteiger partial charge in [-0.1, -0.05) is 114 Å². The largest absolute Gasteiger partial charge is 0.0776 e. The van der Waals surface area contributed by atoms with Crippen LogP contribution in [0.15, 0.2) is 0 Å². The predicted molar refractivity (Wildman–Crippen MR) is 91.5 cm³/mol. The lowest BCUT2D eigenvalue weighted by Gasteiger charge is -2.02. The highest BCUT2D eigenvalue weighted by molar-refractivity contribution is 4.45. The molecule has 0 saturated heterocycles. The van der Waals surface area contributed by atoms with Gasteiger partial charge in [0.15, 0.2) is 0 Å². The molecule has 0 fully saturated rings. The summed E-state index contributed by atoms with van der Waals surface area (Å²) in [6, 6.07) is 0. The van der Waals surface area contributed by atoms with E-state index >= 15 is 0 Å².